The summed E-state index contributed by atoms with van der Waals surface area (Å²) in [5.41, 5.74) is 1.30. The largest absolute Gasteiger partial charge is 0.256 e. The van der Waals surface area contributed by atoms with Crippen LogP contribution < -0.4 is 0 Å². The number of nitrogens with zero attached hydrogens (tertiary/aromatic N) is 2. The maximum atomic E-state index is 8.72. The number of rotatable bonds is 0. The zero-order chi connectivity index (χ0) is 9.26. The van der Waals surface area contributed by atoms with E-state index in [2.05, 4.69) is 4.98 Å². The number of hydrogen-bond donors (Lipinski definition) is 0. The fourth-order valence-electron chi connectivity index (χ4n) is 1.18. The van der Waals surface area contributed by atoms with Crippen LogP contribution in [0.5, 0.6) is 0 Å². The maximum absolute atomic E-state index is 8.72. The van der Waals surface area contributed by atoms with E-state index < -0.39 is 0 Å². The minimum atomic E-state index is 0.453. The lowest BCUT2D eigenvalue weighted by atomic mass is 10.1. The molecule has 62 valence electrons. The molecule has 0 radical (unpaired) electrons. The molecule has 0 unspecified atom stereocenters. The Bertz CT molecular complexity index is 500. The van der Waals surface area contributed by atoms with E-state index in [4.69, 9.17) is 16.9 Å². The predicted octanol–water partition coefficient (Wildman–Crippen LogP) is 2.76. The van der Waals surface area contributed by atoms with E-state index in [-0.39, 0.29) is 0 Å². The van der Waals surface area contributed by atoms with Gasteiger partial charge in [-0.25, -0.2) is 0 Å². The van der Waals surface area contributed by atoms with E-state index in [0.29, 0.717) is 10.6 Å². The topological polar surface area (TPSA) is 36.7 Å². The van der Waals surface area contributed by atoms with Crippen LogP contribution in [0.4, 0.5) is 0 Å². The minimum Gasteiger partial charge on any atom is -0.256 e. The average Bonchev–Trinajstić information content (AvgIpc) is 2.17. The molecule has 1 aromatic heterocycles. The smallest absolute Gasteiger partial charge is 0.101 e. The van der Waals surface area contributed by atoms with Crippen LogP contribution in [0.2, 0.25) is 5.02 Å². The van der Waals surface area contributed by atoms with Crippen molar-refractivity contribution in [1.82, 2.24) is 4.98 Å². The molecule has 0 saturated heterocycles. The number of halogens is 1. The van der Waals surface area contributed by atoms with Crippen LogP contribution in [-0.4, -0.2) is 4.98 Å². The monoisotopic (exact) mass is 188 g/mol. The van der Waals surface area contributed by atoms with Crippen molar-refractivity contribution in [2.24, 2.45) is 0 Å². The molecule has 2 rings (SSSR count). The Morgan fingerprint density at radius 3 is 3.00 bits per heavy atom. The van der Waals surface area contributed by atoms with Gasteiger partial charge < -0.3 is 0 Å². The first-order valence-electron chi connectivity index (χ1n) is 3.75. The Morgan fingerprint density at radius 2 is 2.23 bits per heavy atom. The van der Waals surface area contributed by atoms with Gasteiger partial charge in [-0.3, -0.25) is 4.98 Å². The summed E-state index contributed by atoms with van der Waals surface area (Å²) in [5.74, 6) is 0. The van der Waals surface area contributed by atoms with Gasteiger partial charge >= 0.3 is 0 Å². The van der Waals surface area contributed by atoms with Gasteiger partial charge in [0.15, 0.2) is 0 Å². The molecule has 0 aliphatic rings. The van der Waals surface area contributed by atoms with E-state index >= 15 is 0 Å². The second-order valence-corrected chi connectivity index (χ2v) is 3.05. The van der Waals surface area contributed by atoms with E-state index in [1.165, 1.54) is 0 Å². The third-order valence-corrected chi connectivity index (χ3v) is 2.12. The highest BCUT2D eigenvalue weighted by molar-refractivity contribution is 6.32. The van der Waals surface area contributed by atoms with Crippen LogP contribution in [0.15, 0.2) is 30.5 Å². The molecule has 0 amide bonds. The van der Waals surface area contributed by atoms with Gasteiger partial charge in [0.05, 0.1) is 16.1 Å². The number of nitriles is 1. The minimum absolute atomic E-state index is 0.453. The van der Waals surface area contributed by atoms with Crippen LogP contribution in [0.25, 0.3) is 10.9 Å². The average molecular weight is 189 g/mol. The molecule has 2 nitrogen and oxygen atoms in total. The molecule has 0 N–H and O–H groups in total. The van der Waals surface area contributed by atoms with Gasteiger partial charge in [0.2, 0.25) is 0 Å². The fourth-order valence-corrected chi connectivity index (χ4v) is 1.38. The molecule has 1 heterocycles. The predicted molar refractivity (Wildman–Crippen MR) is 51.5 cm³/mol. The summed E-state index contributed by atoms with van der Waals surface area (Å²) in [6, 6.07) is 9.21. The maximum Gasteiger partial charge on any atom is 0.101 e. The van der Waals surface area contributed by atoms with Crippen LogP contribution in [0.1, 0.15) is 5.56 Å². The van der Waals surface area contributed by atoms with Crippen molar-refractivity contribution in [2.75, 3.05) is 0 Å². The lowest BCUT2D eigenvalue weighted by molar-refractivity contribution is 1.40. The van der Waals surface area contributed by atoms with Gasteiger partial charge in [0.1, 0.15) is 6.07 Å². The molecule has 2 aromatic rings. The summed E-state index contributed by atoms with van der Waals surface area (Å²) >= 11 is 5.84. The molecule has 0 aliphatic carbocycles. The normalized spacial score (nSPS) is 9.85. The van der Waals surface area contributed by atoms with Crippen molar-refractivity contribution >= 4 is 22.5 Å². The second-order valence-electron chi connectivity index (χ2n) is 2.64. The summed E-state index contributed by atoms with van der Waals surface area (Å²) in [4.78, 5) is 4.12. The summed E-state index contributed by atoms with van der Waals surface area (Å²) in [6.07, 6.45) is 1.70. The molecule has 3 heteroatoms. The fraction of sp³-hybridized carbons (Fsp3) is 0. The highest BCUT2D eigenvalue weighted by Gasteiger charge is 2.01. The van der Waals surface area contributed by atoms with Crippen molar-refractivity contribution < 1.29 is 0 Å². The van der Waals surface area contributed by atoms with Gasteiger partial charge in [-0.05, 0) is 18.2 Å². The lowest BCUT2D eigenvalue weighted by Crippen LogP contribution is -1.81. The van der Waals surface area contributed by atoms with Crippen LogP contribution in [0.3, 0.4) is 0 Å². The molecule has 0 saturated carbocycles. The van der Waals surface area contributed by atoms with Crippen LogP contribution in [0, 0.1) is 11.3 Å². The first kappa shape index (κ1) is 8.03. The summed E-state index contributed by atoms with van der Waals surface area (Å²) in [5, 5.41) is 10.1. The number of pyridine rings is 1. The molecular formula is C10H5ClN2. The molecule has 0 fully saturated rings. The lowest BCUT2D eigenvalue weighted by Gasteiger charge is -1.98. The van der Waals surface area contributed by atoms with Gasteiger partial charge in [-0.1, -0.05) is 17.7 Å². The molecule has 1 aromatic carbocycles. The zero-order valence-electron chi connectivity index (χ0n) is 6.66. The number of fused-ring (bicyclic) bond motifs is 1. The van der Waals surface area contributed by atoms with E-state index in [0.717, 1.165) is 10.9 Å². The number of benzene rings is 1. The quantitative estimate of drug-likeness (QED) is 0.638. The van der Waals surface area contributed by atoms with E-state index in [1.807, 2.05) is 18.2 Å². The second kappa shape index (κ2) is 3.04. The first-order chi connectivity index (χ1) is 6.31. The summed E-state index contributed by atoms with van der Waals surface area (Å²) in [7, 11) is 0. The Labute approximate surface area is 80.4 Å². The first-order valence-corrected chi connectivity index (χ1v) is 4.13. The summed E-state index contributed by atoms with van der Waals surface area (Å²) < 4.78 is 0. The Balaban J connectivity index is 2.83. The molecule has 0 bridgehead atoms. The Hall–Kier alpha value is -1.59. The third kappa shape index (κ3) is 1.34. The standard InChI is InChI=1S/C10H5ClN2/c11-9-5-10-7(2-1-3-13-10)4-8(9)6-12/h1-5H. The van der Waals surface area contributed by atoms with Gasteiger partial charge in [0, 0.05) is 11.6 Å². The number of aromatic nitrogens is 1. The SMILES string of the molecule is N#Cc1cc2cccnc2cc1Cl. The van der Waals surface area contributed by atoms with Crippen molar-refractivity contribution in [1.29, 1.82) is 5.26 Å². The Kier molecular flexibility index (Phi) is 1.88. The molecular weight excluding hydrogens is 184 g/mol. The van der Waals surface area contributed by atoms with Gasteiger partial charge in [-0.15, -0.1) is 0 Å². The third-order valence-electron chi connectivity index (χ3n) is 1.81. The van der Waals surface area contributed by atoms with E-state index in [9.17, 15) is 0 Å². The van der Waals surface area contributed by atoms with Crippen molar-refractivity contribution in [2.45, 2.75) is 0 Å². The van der Waals surface area contributed by atoms with Crippen LogP contribution in [-0.2, 0) is 0 Å². The van der Waals surface area contributed by atoms with E-state index in [1.54, 1.807) is 18.3 Å². The van der Waals surface area contributed by atoms with Crippen molar-refractivity contribution in [3.8, 4) is 6.07 Å². The summed E-state index contributed by atoms with van der Waals surface area (Å²) in [6.45, 7) is 0. The molecule has 0 aliphatic heterocycles. The van der Waals surface area contributed by atoms with Gasteiger partial charge in [-0.2, -0.15) is 5.26 Å². The van der Waals surface area contributed by atoms with Gasteiger partial charge in [0.25, 0.3) is 0 Å². The molecule has 0 spiro atoms. The van der Waals surface area contributed by atoms with Crippen molar-refractivity contribution in [3.05, 3.63) is 41.0 Å². The highest BCUT2D eigenvalue weighted by Crippen LogP contribution is 2.21. The highest BCUT2D eigenvalue weighted by atomic mass is 35.5. The molecule has 0 atom stereocenters. The zero-order valence-corrected chi connectivity index (χ0v) is 7.42. The van der Waals surface area contributed by atoms with Crippen LogP contribution >= 0.6 is 11.6 Å². The Morgan fingerprint density at radius 1 is 1.38 bits per heavy atom. The van der Waals surface area contributed by atoms with Crippen molar-refractivity contribution in [3.63, 3.8) is 0 Å². The number of hydrogen-bond acceptors (Lipinski definition) is 2. The molecule has 13 heavy (non-hydrogen) atoms.